The molecule has 0 aliphatic rings. The van der Waals surface area contributed by atoms with E-state index in [2.05, 4.69) is 9.98 Å². The summed E-state index contributed by atoms with van der Waals surface area (Å²) in [6.07, 6.45) is 0. The minimum atomic E-state index is -0.163. The van der Waals surface area contributed by atoms with Gasteiger partial charge >= 0.3 is 0 Å². The first-order valence-electron chi connectivity index (χ1n) is 3.87. The highest BCUT2D eigenvalue weighted by Crippen LogP contribution is 2.24. The van der Waals surface area contributed by atoms with Crippen LogP contribution in [0.25, 0.3) is 0 Å². The number of guanidine groups is 2. The number of hydrogen-bond acceptors (Lipinski definition) is 1. The van der Waals surface area contributed by atoms with Crippen LogP contribution in [0, 0.1) is 0 Å². The van der Waals surface area contributed by atoms with Gasteiger partial charge < -0.3 is 29.6 Å². The molecule has 0 spiro atoms. The molecule has 0 fully saturated rings. The summed E-state index contributed by atoms with van der Waals surface area (Å²) in [4.78, 5) is 7.44. The molecule has 0 radical (unpaired) electrons. The highest BCUT2D eigenvalue weighted by atomic mass is 35.5. The second-order valence-electron chi connectivity index (χ2n) is 2.63. The van der Waals surface area contributed by atoms with Crippen LogP contribution in [0.3, 0.4) is 0 Å². The van der Waals surface area contributed by atoms with E-state index in [-0.39, 0.29) is 24.3 Å². The van der Waals surface area contributed by atoms with E-state index in [0.717, 1.165) is 0 Å². The quantitative estimate of drug-likeness (QED) is 0.419. The van der Waals surface area contributed by atoms with E-state index in [1.54, 1.807) is 18.2 Å². The highest BCUT2D eigenvalue weighted by Gasteiger charge is 1.97. The van der Waals surface area contributed by atoms with Gasteiger partial charge in [-0.1, -0.05) is 23.2 Å². The van der Waals surface area contributed by atoms with Gasteiger partial charge in [0, 0.05) is 10.0 Å². The lowest BCUT2D eigenvalue weighted by Crippen LogP contribution is -3.00. The summed E-state index contributed by atoms with van der Waals surface area (Å²) in [5, 5.41) is 0.914. The number of nitrogens with two attached hydrogens (primary N) is 3. The number of rotatable bonds is 1. The van der Waals surface area contributed by atoms with E-state index in [4.69, 9.17) is 40.4 Å². The lowest BCUT2D eigenvalue weighted by molar-refractivity contribution is -0.00000348. The molecule has 0 atom stereocenters. The molecule has 0 saturated carbocycles. The average molecular weight is 282 g/mol. The number of nitrogens with zero attached hydrogens (tertiary/aromatic N) is 2. The van der Waals surface area contributed by atoms with Gasteiger partial charge in [0.1, 0.15) is 0 Å². The van der Waals surface area contributed by atoms with Crippen molar-refractivity contribution in [3.8, 4) is 0 Å². The molecule has 0 unspecified atom stereocenters. The van der Waals surface area contributed by atoms with Crippen molar-refractivity contribution in [2.45, 2.75) is 0 Å². The summed E-state index contributed by atoms with van der Waals surface area (Å²) in [7, 11) is 0. The molecule has 88 valence electrons. The van der Waals surface area contributed by atoms with Gasteiger partial charge in [0.2, 0.25) is 5.96 Å². The van der Waals surface area contributed by atoms with Gasteiger partial charge in [-0.05, 0) is 18.2 Å². The largest absolute Gasteiger partial charge is 1.00 e. The minimum absolute atomic E-state index is 0. The zero-order chi connectivity index (χ0) is 11.4. The molecule has 16 heavy (non-hydrogen) atoms. The van der Waals surface area contributed by atoms with E-state index in [1.807, 2.05) is 0 Å². The van der Waals surface area contributed by atoms with E-state index >= 15 is 0 Å². The van der Waals surface area contributed by atoms with Crippen molar-refractivity contribution in [3.63, 3.8) is 0 Å². The monoisotopic (exact) mass is 280 g/mol. The third-order valence-electron chi connectivity index (χ3n) is 1.33. The number of benzene rings is 1. The molecule has 1 aromatic rings. The molecule has 1 rings (SSSR count). The van der Waals surface area contributed by atoms with Crippen LogP contribution in [0.1, 0.15) is 0 Å². The molecule has 0 amide bonds. The molecule has 8 heteroatoms. The number of hydrogen-bond donors (Lipinski definition) is 3. The Labute approximate surface area is 109 Å². The van der Waals surface area contributed by atoms with Crippen LogP contribution in [-0.4, -0.2) is 11.9 Å². The van der Waals surface area contributed by atoms with Crippen LogP contribution in [0.15, 0.2) is 28.2 Å². The average Bonchev–Trinajstić information content (AvgIpc) is 1.98. The molecule has 0 aliphatic heterocycles. The standard InChI is InChI=1S/C8H9Cl2N5.ClH/c9-4-1-5(10)3-6(2-4)14-8(13)15-7(11)12;/h1-3H,(H6,11,12,13,14,15);1H/p-1. The van der Waals surface area contributed by atoms with Crippen molar-refractivity contribution in [2.24, 2.45) is 27.2 Å². The Morgan fingerprint density at radius 3 is 1.94 bits per heavy atom. The topological polar surface area (TPSA) is 103 Å². The summed E-state index contributed by atoms with van der Waals surface area (Å²) in [5.41, 5.74) is 16.1. The van der Waals surface area contributed by atoms with Crippen LogP contribution in [0.5, 0.6) is 0 Å². The van der Waals surface area contributed by atoms with Gasteiger partial charge in [0.15, 0.2) is 5.96 Å². The number of aliphatic imine (C=N–C) groups is 2. The van der Waals surface area contributed by atoms with E-state index in [0.29, 0.717) is 15.7 Å². The van der Waals surface area contributed by atoms with Crippen LogP contribution in [-0.2, 0) is 0 Å². The summed E-state index contributed by atoms with van der Waals surface area (Å²) in [6, 6.07) is 4.75. The van der Waals surface area contributed by atoms with Crippen LogP contribution in [0.4, 0.5) is 5.69 Å². The molecule has 0 aromatic heterocycles. The van der Waals surface area contributed by atoms with Crippen molar-refractivity contribution in [1.82, 2.24) is 0 Å². The van der Waals surface area contributed by atoms with Gasteiger partial charge in [-0.2, -0.15) is 4.99 Å². The fourth-order valence-electron chi connectivity index (χ4n) is 0.893. The zero-order valence-electron chi connectivity index (χ0n) is 7.99. The minimum Gasteiger partial charge on any atom is -1.00 e. The first-order chi connectivity index (χ1) is 6.97. The van der Waals surface area contributed by atoms with E-state index < -0.39 is 0 Å². The summed E-state index contributed by atoms with van der Waals surface area (Å²) < 4.78 is 0. The zero-order valence-corrected chi connectivity index (χ0v) is 10.3. The highest BCUT2D eigenvalue weighted by molar-refractivity contribution is 6.35. The van der Waals surface area contributed by atoms with Crippen molar-refractivity contribution in [3.05, 3.63) is 28.2 Å². The van der Waals surface area contributed by atoms with E-state index in [9.17, 15) is 0 Å². The Kier molecular flexibility index (Phi) is 5.95. The van der Waals surface area contributed by atoms with E-state index in [1.165, 1.54) is 0 Å². The summed E-state index contributed by atoms with van der Waals surface area (Å²) in [6.45, 7) is 0. The molecule has 0 heterocycles. The third-order valence-corrected chi connectivity index (χ3v) is 1.77. The van der Waals surface area contributed by atoms with Crippen LogP contribution < -0.4 is 29.6 Å². The lowest BCUT2D eigenvalue weighted by atomic mass is 10.3. The van der Waals surface area contributed by atoms with Crippen molar-refractivity contribution < 1.29 is 12.4 Å². The predicted octanol–water partition coefficient (Wildman–Crippen LogP) is -1.78. The Bertz CT molecular complexity index is 405. The fourth-order valence-corrected chi connectivity index (χ4v) is 1.41. The number of halogens is 3. The fraction of sp³-hybridized carbons (Fsp3) is 0. The van der Waals surface area contributed by atoms with Crippen molar-refractivity contribution in [1.29, 1.82) is 0 Å². The maximum Gasteiger partial charge on any atom is 0.223 e. The maximum absolute atomic E-state index is 5.76. The maximum atomic E-state index is 5.76. The molecular weight excluding hydrogens is 272 g/mol. The van der Waals surface area contributed by atoms with Gasteiger partial charge in [0.05, 0.1) is 5.69 Å². The van der Waals surface area contributed by atoms with Gasteiger partial charge in [0.25, 0.3) is 0 Å². The smallest absolute Gasteiger partial charge is 0.223 e. The third kappa shape index (κ3) is 5.06. The van der Waals surface area contributed by atoms with Crippen LogP contribution in [0.2, 0.25) is 10.0 Å². The molecule has 0 saturated heterocycles. The second-order valence-corrected chi connectivity index (χ2v) is 3.51. The van der Waals surface area contributed by atoms with Crippen molar-refractivity contribution >= 4 is 40.8 Å². The summed E-state index contributed by atoms with van der Waals surface area (Å²) >= 11 is 11.5. The first-order valence-corrected chi connectivity index (χ1v) is 4.63. The normalized spacial score (nSPS) is 10.5. The van der Waals surface area contributed by atoms with Gasteiger partial charge in [-0.25, -0.2) is 4.99 Å². The Morgan fingerprint density at radius 2 is 1.50 bits per heavy atom. The molecule has 6 N–H and O–H groups in total. The first kappa shape index (κ1) is 14.8. The van der Waals surface area contributed by atoms with Crippen LogP contribution >= 0.6 is 23.2 Å². The molecule has 0 aliphatic carbocycles. The lowest BCUT2D eigenvalue weighted by Gasteiger charge is -1.98. The van der Waals surface area contributed by atoms with Gasteiger partial charge in [-0.3, -0.25) is 0 Å². The SMILES string of the molecule is NC(N)=NC(N)=Nc1cc(Cl)cc(Cl)c1.[Cl-]. The Hall–Kier alpha value is -1.17. The molecule has 0 bridgehead atoms. The molecular formula is C8H9Cl3N5-. The Balaban J connectivity index is 0.00000225. The summed E-state index contributed by atoms with van der Waals surface area (Å²) in [5.74, 6) is -0.224. The molecule has 5 nitrogen and oxygen atoms in total. The predicted molar refractivity (Wildman–Crippen MR) is 63.6 cm³/mol. The van der Waals surface area contributed by atoms with Gasteiger partial charge in [-0.15, -0.1) is 0 Å². The second kappa shape index (κ2) is 6.42. The Morgan fingerprint density at radius 1 is 1.00 bits per heavy atom. The molecule has 1 aromatic carbocycles. The van der Waals surface area contributed by atoms with Crippen molar-refractivity contribution in [2.75, 3.05) is 0 Å².